The topological polar surface area (TPSA) is 41.8 Å². The van der Waals surface area contributed by atoms with E-state index >= 15 is 0 Å². The zero-order valence-electron chi connectivity index (χ0n) is 9.84. The van der Waals surface area contributed by atoms with E-state index in [4.69, 9.17) is 4.74 Å². The standard InChI is InChI=1S/C13H17NO2/c1-13(2,3)16-12(15)10-14-9-11-7-5-4-6-8-11/h4-10,15H,1-3H3/b12-10+,14-9?. The average molecular weight is 219 g/mol. The van der Waals surface area contributed by atoms with Crippen LogP contribution in [0.4, 0.5) is 0 Å². The largest absolute Gasteiger partial charge is 0.480 e. The summed E-state index contributed by atoms with van der Waals surface area (Å²) in [5.74, 6) is -0.181. The highest BCUT2D eigenvalue weighted by molar-refractivity contribution is 5.79. The molecule has 0 saturated heterocycles. The van der Waals surface area contributed by atoms with Crippen LogP contribution in [0.25, 0.3) is 0 Å². The van der Waals surface area contributed by atoms with Gasteiger partial charge in [0.25, 0.3) is 5.95 Å². The Hall–Kier alpha value is -1.77. The van der Waals surface area contributed by atoms with Crippen LogP contribution in [0, 0.1) is 0 Å². The molecule has 16 heavy (non-hydrogen) atoms. The van der Waals surface area contributed by atoms with Gasteiger partial charge in [0, 0.05) is 6.21 Å². The molecule has 86 valence electrons. The third kappa shape index (κ3) is 5.20. The van der Waals surface area contributed by atoms with Gasteiger partial charge in [-0.05, 0) is 26.3 Å². The molecule has 0 bridgehead atoms. The van der Waals surface area contributed by atoms with Crippen molar-refractivity contribution in [3.63, 3.8) is 0 Å². The van der Waals surface area contributed by atoms with Crippen LogP contribution in [0.3, 0.4) is 0 Å². The summed E-state index contributed by atoms with van der Waals surface area (Å²) >= 11 is 0. The van der Waals surface area contributed by atoms with Gasteiger partial charge in [-0.25, -0.2) is 0 Å². The van der Waals surface area contributed by atoms with Crippen LogP contribution < -0.4 is 0 Å². The van der Waals surface area contributed by atoms with Gasteiger partial charge < -0.3 is 9.84 Å². The molecule has 1 aromatic rings. The first-order chi connectivity index (χ1) is 7.47. The van der Waals surface area contributed by atoms with Gasteiger partial charge in [0.15, 0.2) is 0 Å². The lowest BCUT2D eigenvalue weighted by Gasteiger charge is -2.19. The second kappa shape index (κ2) is 5.35. The molecule has 0 unspecified atom stereocenters. The van der Waals surface area contributed by atoms with Gasteiger partial charge in [-0.1, -0.05) is 30.3 Å². The number of rotatable bonds is 3. The van der Waals surface area contributed by atoms with Crippen molar-refractivity contribution in [1.82, 2.24) is 0 Å². The molecule has 1 N–H and O–H groups in total. The van der Waals surface area contributed by atoms with Crippen molar-refractivity contribution in [3.05, 3.63) is 48.0 Å². The monoisotopic (exact) mass is 219 g/mol. The van der Waals surface area contributed by atoms with E-state index in [1.54, 1.807) is 6.21 Å². The number of aliphatic imine (C=N–C) groups is 1. The summed E-state index contributed by atoms with van der Waals surface area (Å²) in [5.41, 5.74) is 0.561. The third-order valence-electron chi connectivity index (χ3n) is 1.62. The van der Waals surface area contributed by atoms with Gasteiger partial charge in [-0.2, -0.15) is 0 Å². The van der Waals surface area contributed by atoms with Crippen LogP contribution in [0.15, 0.2) is 47.5 Å². The normalized spacial score (nSPS) is 13.1. The van der Waals surface area contributed by atoms with Crippen LogP contribution in [-0.2, 0) is 4.74 Å². The summed E-state index contributed by atoms with van der Waals surface area (Å²) in [7, 11) is 0. The van der Waals surface area contributed by atoms with Crippen molar-refractivity contribution >= 4 is 6.21 Å². The smallest absolute Gasteiger partial charge is 0.296 e. The lowest BCUT2D eigenvalue weighted by molar-refractivity contribution is -0.0149. The lowest BCUT2D eigenvalue weighted by atomic mass is 10.2. The van der Waals surface area contributed by atoms with E-state index in [0.717, 1.165) is 5.56 Å². The molecule has 1 rings (SSSR count). The van der Waals surface area contributed by atoms with Gasteiger partial charge >= 0.3 is 0 Å². The minimum atomic E-state index is -0.414. The molecule has 0 heterocycles. The molecule has 0 fully saturated rings. The van der Waals surface area contributed by atoms with Crippen LogP contribution in [-0.4, -0.2) is 16.9 Å². The third-order valence-corrected chi connectivity index (χ3v) is 1.62. The van der Waals surface area contributed by atoms with Crippen molar-refractivity contribution in [1.29, 1.82) is 0 Å². The fourth-order valence-corrected chi connectivity index (χ4v) is 1.07. The number of nitrogens with zero attached hydrogens (tertiary/aromatic N) is 1. The molecule has 0 atom stereocenters. The molecule has 0 aliphatic rings. The first-order valence-electron chi connectivity index (χ1n) is 5.14. The van der Waals surface area contributed by atoms with E-state index < -0.39 is 5.60 Å². The Bertz CT molecular complexity index is 375. The second-order valence-corrected chi connectivity index (χ2v) is 4.37. The van der Waals surface area contributed by atoms with E-state index in [9.17, 15) is 5.11 Å². The maximum atomic E-state index is 9.39. The zero-order chi connectivity index (χ0) is 12.0. The van der Waals surface area contributed by atoms with E-state index in [1.807, 2.05) is 51.1 Å². The van der Waals surface area contributed by atoms with E-state index in [0.29, 0.717) is 0 Å². The zero-order valence-corrected chi connectivity index (χ0v) is 9.84. The maximum absolute atomic E-state index is 9.39. The van der Waals surface area contributed by atoms with Gasteiger partial charge in [-0.3, -0.25) is 4.99 Å². The summed E-state index contributed by atoms with van der Waals surface area (Å²) in [6.07, 6.45) is 2.94. The number of benzene rings is 1. The summed E-state index contributed by atoms with van der Waals surface area (Å²) in [5, 5.41) is 9.39. The predicted octanol–water partition coefficient (Wildman–Crippen LogP) is 3.28. The molecular formula is C13H17NO2. The summed E-state index contributed by atoms with van der Waals surface area (Å²) in [4.78, 5) is 3.96. The maximum Gasteiger partial charge on any atom is 0.296 e. The van der Waals surface area contributed by atoms with Crippen molar-refractivity contribution < 1.29 is 9.84 Å². The molecule has 0 amide bonds. The van der Waals surface area contributed by atoms with Crippen LogP contribution in [0.1, 0.15) is 26.3 Å². The summed E-state index contributed by atoms with van der Waals surface area (Å²) in [6, 6.07) is 9.65. The van der Waals surface area contributed by atoms with E-state index in [1.165, 1.54) is 6.20 Å². The lowest BCUT2D eigenvalue weighted by Crippen LogP contribution is -2.18. The van der Waals surface area contributed by atoms with Crippen molar-refractivity contribution in [2.24, 2.45) is 4.99 Å². The number of aliphatic hydroxyl groups is 1. The van der Waals surface area contributed by atoms with Crippen molar-refractivity contribution in [2.45, 2.75) is 26.4 Å². The molecule has 0 aliphatic heterocycles. The number of hydrogen-bond donors (Lipinski definition) is 1. The SMILES string of the molecule is CC(C)(C)O/C(O)=C/N=Cc1ccccc1. The molecular weight excluding hydrogens is 202 g/mol. The van der Waals surface area contributed by atoms with E-state index in [2.05, 4.69) is 4.99 Å². The fourth-order valence-electron chi connectivity index (χ4n) is 1.07. The first kappa shape index (κ1) is 12.3. The number of aliphatic hydroxyl groups excluding tert-OH is 1. The Morgan fingerprint density at radius 2 is 1.88 bits per heavy atom. The minimum absolute atomic E-state index is 0.181. The van der Waals surface area contributed by atoms with E-state index in [-0.39, 0.29) is 5.95 Å². The Morgan fingerprint density at radius 1 is 1.25 bits per heavy atom. The highest BCUT2D eigenvalue weighted by Crippen LogP contribution is 2.11. The van der Waals surface area contributed by atoms with Gasteiger partial charge in [-0.15, -0.1) is 0 Å². The highest BCUT2D eigenvalue weighted by atomic mass is 16.6. The molecule has 3 nitrogen and oxygen atoms in total. The molecule has 0 radical (unpaired) electrons. The summed E-state index contributed by atoms with van der Waals surface area (Å²) < 4.78 is 5.18. The van der Waals surface area contributed by atoms with Gasteiger partial charge in [0.2, 0.25) is 0 Å². The highest BCUT2D eigenvalue weighted by Gasteiger charge is 2.12. The Morgan fingerprint density at radius 3 is 2.44 bits per heavy atom. The molecule has 0 aromatic heterocycles. The molecule has 0 spiro atoms. The molecule has 0 saturated carbocycles. The second-order valence-electron chi connectivity index (χ2n) is 4.37. The Labute approximate surface area is 96.1 Å². The fraction of sp³-hybridized carbons (Fsp3) is 0.308. The predicted molar refractivity (Wildman–Crippen MR) is 65.6 cm³/mol. The van der Waals surface area contributed by atoms with Gasteiger partial charge in [0.1, 0.15) is 11.8 Å². The van der Waals surface area contributed by atoms with Crippen LogP contribution in [0.5, 0.6) is 0 Å². The molecule has 0 aliphatic carbocycles. The molecule has 1 aromatic carbocycles. The summed E-state index contributed by atoms with van der Waals surface area (Å²) in [6.45, 7) is 5.58. The minimum Gasteiger partial charge on any atom is -0.480 e. The van der Waals surface area contributed by atoms with Crippen LogP contribution in [0.2, 0.25) is 0 Å². The van der Waals surface area contributed by atoms with Gasteiger partial charge in [0.05, 0.1) is 0 Å². The van der Waals surface area contributed by atoms with Crippen molar-refractivity contribution in [2.75, 3.05) is 0 Å². The number of ether oxygens (including phenoxy) is 1. The molecule has 3 heteroatoms. The van der Waals surface area contributed by atoms with Crippen LogP contribution >= 0.6 is 0 Å². The number of hydrogen-bond acceptors (Lipinski definition) is 3. The Balaban J connectivity index is 2.56. The quantitative estimate of drug-likeness (QED) is 0.626. The average Bonchev–Trinajstić information content (AvgIpc) is 2.16. The Kier molecular flexibility index (Phi) is 4.11. The van der Waals surface area contributed by atoms with Crippen molar-refractivity contribution in [3.8, 4) is 0 Å². The first-order valence-corrected chi connectivity index (χ1v) is 5.14.